The zero-order chi connectivity index (χ0) is 13.6. The Morgan fingerprint density at radius 3 is 2.50 bits per heavy atom. The first-order valence-corrected chi connectivity index (χ1v) is 7.19. The quantitative estimate of drug-likeness (QED) is 0.687. The zero-order valence-electron chi connectivity index (χ0n) is 11.6. The smallest absolute Gasteiger partial charge is 0.189 e. The van der Waals surface area contributed by atoms with E-state index in [0.29, 0.717) is 12.8 Å². The summed E-state index contributed by atoms with van der Waals surface area (Å²) < 4.78 is 0. The third-order valence-electron chi connectivity index (χ3n) is 3.78. The number of aliphatic hydroxyl groups is 2. The molecule has 0 radical (unpaired) electrons. The molecule has 0 fully saturated rings. The molecular weight excluding hydrogens is 228 g/mol. The van der Waals surface area contributed by atoms with Crippen molar-refractivity contribution in [2.45, 2.75) is 76.9 Å². The van der Waals surface area contributed by atoms with E-state index in [0.717, 1.165) is 44.1 Å². The Kier molecular flexibility index (Phi) is 6.03. The van der Waals surface area contributed by atoms with Gasteiger partial charge in [-0.2, -0.15) is 0 Å². The topological polar surface area (TPSA) is 57.5 Å². The van der Waals surface area contributed by atoms with Crippen molar-refractivity contribution < 1.29 is 15.0 Å². The van der Waals surface area contributed by atoms with Gasteiger partial charge < -0.3 is 10.2 Å². The number of unbranched alkanes of at least 4 members (excludes halogenated alkanes) is 3. The van der Waals surface area contributed by atoms with E-state index >= 15 is 0 Å². The first-order valence-electron chi connectivity index (χ1n) is 7.19. The number of carbonyl (C=O) groups excluding carboxylic acids is 1. The van der Waals surface area contributed by atoms with Crippen molar-refractivity contribution in [3.8, 4) is 0 Å². The minimum atomic E-state index is -1.54. The highest BCUT2D eigenvalue weighted by Gasteiger charge is 2.44. The van der Waals surface area contributed by atoms with Gasteiger partial charge in [0.25, 0.3) is 0 Å². The van der Waals surface area contributed by atoms with Gasteiger partial charge in [0.1, 0.15) is 0 Å². The number of ketones is 1. The van der Waals surface area contributed by atoms with Gasteiger partial charge in [-0.25, -0.2) is 0 Å². The predicted octanol–water partition coefficient (Wildman–Crippen LogP) is 2.75. The Balaban J connectivity index is 2.64. The molecule has 0 amide bonds. The van der Waals surface area contributed by atoms with E-state index in [1.165, 1.54) is 0 Å². The summed E-state index contributed by atoms with van der Waals surface area (Å²) in [6.45, 7) is 4.15. The van der Waals surface area contributed by atoms with Crippen LogP contribution in [-0.4, -0.2) is 27.7 Å². The van der Waals surface area contributed by atoms with E-state index < -0.39 is 11.7 Å². The number of hydrogen-bond donors (Lipinski definition) is 2. The van der Waals surface area contributed by atoms with Crippen LogP contribution < -0.4 is 0 Å². The summed E-state index contributed by atoms with van der Waals surface area (Å²) in [4.78, 5) is 12.0. The fourth-order valence-corrected chi connectivity index (χ4v) is 2.46. The average Bonchev–Trinajstić information content (AvgIpc) is 2.34. The Morgan fingerprint density at radius 2 is 1.94 bits per heavy atom. The molecule has 3 nitrogen and oxygen atoms in total. The molecule has 104 valence electrons. The third kappa shape index (κ3) is 3.66. The van der Waals surface area contributed by atoms with Gasteiger partial charge in [0, 0.05) is 0 Å². The van der Waals surface area contributed by atoms with E-state index in [-0.39, 0.29) is 5.78 Å². The largest absolute Gasteiger partial charge is 0.389 e. The van der Waals surface area contributed by atoms with Gasteiger partial charge >= 0.3 is 0 Å². The van der Waals surface area contributed by atoms with Gasteiger partial charge in [-0.05, 0) is 31.8 Å². The lowest BCUT2D eigenvalue weighted by molar-refractivity contribution is -0.148. The highest BCUT2D eigenvalue weighted by Crippen LogP contribution is 2.31. The predicted molar refractivity (Wildman–Crippen MR) is 72.3 cm³/mol. The molecule has 18 heavy (non-hydrogen) atoms. The van der Waals surface area contributed by atoms with Crippen LogP contribution in [0.5, 0.6) is 0 Å². The van der Waals surface area contributed by atoms with Crippen LogP contribution in [0.1, 0.15) is 65.2 Å². The summed E-state index contributed by atoms with van der Waals surface area (Å²) in [6.07, 6.45) is 7.31. The van der Waals surface area contributed by atoms with E-state index in [1.54, 1.807) is 6.08 Å². The summed E-state index contributed by atoms with van der Waals surface area (Å²) in [6, 6.07) is 0. The summed E-state index contributed by atoms with van der Waals surface area (Å²) in [5.74, 6) is -0.304. The monoisotopic (exact) mass is 254 g/mol. The minimum Gasteiger partial charge on any atom is -0.389 e. The van der Waals surface area contributed by atoms with E-state index in [9.17, 15) is 15.0 Å². The van der Waals surface area contributed by atoms with Crippen LogP contribution in [0.15, 0.2) is 11.6 Å². The van der Waals surface area contributed by atoms with Gasteiger partial charge in [-0.3, -0.25) is 4.79 Å². The van der Waals surface area contributed by atoms with Gasteiger partial charge in [0.05, 0.1) is 6.10 Å². The van der Waals surface area contributed by atoms with E-state index in [1.807, 2.05) is 6.92 Å². The number of rotatable bonds is 7. The van der Waals surface area contributed by atoms with Crippen molar-refractivity contribution in [3.05, 3.63) is 11.6 Å². The molecule has 2 N–H and O–H groups in total. The molecule has 0 aromatic rings. The van der Waals surface area contributed by atoms with Crippen LogP contribution in [0.2, 0.25) is 0 Å². The summed E-state index contributed by atoms with van der Waals surface area (Å²) in [7, 11) is 0. The Bertz CT molecular complexity index is 309. The maximum atomic E-state index is 12.0. The zero-order valence-corrected chi connectivity index (χ0v) is 11.6. The van der Waals surface area contributed by atoms with Gasteiger partial charge in [0.2, 0.25) is 0 Å². The molecule has 1 aliphatic carbocycles. The maximum absolute atomic E-state index is 12.0. The molecule has 0 spiro atoms. The average molecular weight is 254 g/mol. The lowest BCUT2D eigenvalue weighted by Crippen LogP contribution is -2.51. The molecule has 0 bridgehead atoms. The molecule has 0 aromatic heterocycles. The molecular formula is C15H26O3. The molecule has 1 aliphatic rings. The number of hydrogen-bond acceptors (Lipinski definition) is 3. The number of aliphatic hydroxyl groups excluding tert-OH is 1. The minimum absolute atomic E-state index is 0.304. The summed E-state index contributed by atoms with van der Waals surface area (Å²) in [5.41, 5.74) is -0.549. The van der Waals surface area contributed by atoms with Gasteiger partial charge in [-0.1, -0.05) is 45.1 Å². The number of carbonyl (C=O) groups is 1. The highest BCUT2D eigenvalue weighted by molar-refractivity contribution is 5.99. The lowest BCUT2D eigenvalue weighted by atomic mass is 9.77. The van der Waals surface area contributed by atoms with Crippen molar-refractivity contribution in [2.75, 3.05) is 0 Å². The molecule has 2 atom stereocenters. The molecule has 3 heteroatoms. The Morgan fingerprint density at radius 1 is 1.28 bits per heavy atom. The van der Waals surface area contributed by atoms with Crippen LogP contribution >= 0.6 is 0 Å². The second kappa shape index (κ2) is 7.05. The van der Waals surface area contributed by atoms with Gasteiger partial charge in [0.15, 0.2) is 11.4 Å². The second-order valence-electron chi connectivity index (χ2n) is 5.37. The van der Waals surface area contributed by atoms with Crippen LogP contribution in [0.4, 0.5) is 0 Å². The first-order chi connectivity index (χ1) is 8.54. The standard InChI is InChI=1S/C15H26O3/c1-3-5-7-8-12-10-13(16)15(18,9-6-4-2)14(17)11-12/h10,14,17-18H,3-9,11H2,1-2H3. The van der Waals surface area contributed by atoms with Crippen LogP contribution in [0.3, 0.4) is 0 Å². The van der Waals surface area contributed by atoms with Crippen molar-refractivity contribution in [2.24, 2.45) is 0 Å². The van der Waals surface area contributed by atoms with Crippen molar-refractivity contribution in [1.82, 2.24) is 0 Å². The molecule has 0 saturated carbocycles. The van der Waals surface area contributed by atoms with Gasteiger partial charge in [-0.15, -0.1) is 0 Å². The molecule has 0 aliphatic heterocycles. The summed E-state index contributed by atoms with van der Waals surface area (Å²) >= 11 is 0. The summed E-state index contributed by atoms with van der Waals surface area (Å²) in [5, 5.41) is 20.3. The lowest BCUT2D eigenvalue weighted by Gasteiger charge is -2.35. The SMILES string of the molecule is CCCCCC1=CC(=O)C(O)(CCCC)C(O)C1. The van der Waals surface area contributed by atoms with Crippen LogP contribution in [-0.2, 0) is 4.79 Å². The molecule has 2 unspecified atom stereocenters. The van der Waals surface area contributed by atoms with Crippen LogP contribution in [0.25, 0.3) is 0 Å². The van der Waals surface area contributed by atoms with E-state index in [4.69, 9.17) is 0 Å². The first kappa shape index (κ1) is 15.4. The van der Waals surface area contributed by atoms with Crippen molar-refractivity contribution >= 4 is 5.78 Å². The van der Waals surface area contributed by atoms with Crippen molar-refractivity contribution in [3.63, 3.8) is 0 Å². The Labute approximate surface area is 110 Å². The molecule has 1 rings (SSSR count). The Hall–Kier alpha value is -0.670. The van der Waals surface area contributed by atoms with Crippen LogP contribution in [0, 0.1) is 0 Å². The molecule has 0 aromatic carbocycles. The molecule has 0 heterocycles. The third-order valence-corrected chi connectivity index (χ3v) is 3.78. The normalized spacial score (nSPS) is 28.3. The second-order valence-corrected chi connectivity index (χ2v) is 5.37. The molecule has 0 saturated heterocycles. The fraction of sp³-hybridized carbons (Fsp3) is 0.800. The maximum Gasteiger partial charge on any atom is 0.189 e. The fourth-order valence-electron chi connectivity index (χ4n) is 2.46. The van der Waals surface area contributed by atoms with Crippen molar-refractivity contribution in [1.29, 1.82) is 0 Å². The van der Waals surface area contributed by atoms with E-state index in [2.05, 4.69) is 6.92 Å². The highest BCUT2D eigenvalue weighted by atomic mass is 16.3.